The first-order valence-electron chi connectivity index (χ1n) is 8.13. The summed E-state index contributed by atoms with van der Waals surface area (Å²) >= 11 is 1.33. The van der Waals surface area contributed by atoms with Gasteiger partial charge in [0, 0.05) is 18.7 Å². The number of aromatic nitrogens is 2. The summed E-state index contributed by atoms with van der Waals surface area (Å²) in [6.45, 7) is 2.25. The molecule has 7 heteroatoms. The molecule has 1 atom stereocenters. The minimum Gasteiger partial charge on any atom is -0.312 e. The third kappa shape index (κ3) is 2.80. The Morgan fingerprint density at radius 1 is 1.29 bits per heavy atom. The minimum atomic E-state index is -0.352. The van der Waals surface area contributed by atoms with Gasteiger partial charge in [-0.1, -0.05) is 17.4 Å². The number of rotatable bonds is 3. The van der Waals surface area contributed by atoms with E-state index < -0.39 is 0 Å². The molecule has 24 heavy (non-hydrogen) atoms. The summed E-state index contributed by atoms with van der Waals surface area (Å²) in [5.74, 6) is -0.514. The smallest absolute Gasteiger partial charge is 0.231 e. The SMILES string of the molecule is Cc1nnc(NC(=O)[C@H]2CC(=O)N(c3ccc4c(c3)CCC4)C2)s1. The molecular weight excluding hydrogens is 324 g/mol. The highest BCUT2D eigenvalue weighted by Gasteiger charge is 2.35. The van der Waals surface area contributed by atoms with Crippen molar-refractivity contribution in [2.45, 2.75) is 32.6 Å². The fraction of sp³-hybridized carbons (Fsp3) is 0.412. The number of carbonyl (C=O) groups excluding carboxylic acids is 2. The van der Waals surface area contributed by atoms with Crippen LogP contribution < -0.4 is 10.2 Å². The van der Waals surface area contributed by atoms with Gasteiger partial charge in [-0.2, -0.15) is 0 Å². The third-order valence-electron chi connectivity index (χ3n) is 4.65. The predicted octanol–water partition coefficient (Wildman–Crippen LogP) is 2.33. The second kappa shape index (κ2) is 5.98. The molecule has 0 radical (unpaired) electrons. The van der Waals surface area contributed by atoms with Crippen LogP contribution in [-0.2, 0) is 22.4 Å². The molecule has 0 unspecified atom stereocenters. The summed E-state index contributed by atoms with van der Waals surface area (Å²) in [4.78, 5) is 26.5. The zero-order valence-electron chi connectivity index (χ0n) is 13.4. The Morgan fingerprint density at radius 2 is 2.12 bits per heavy atom. The lowest BCUT2D eigenvalue weighted by molar-refractivity contribution is -0.122. The second-order valence-corrected chi connectivity index (χ2v) is 7.51. The molecule has 124 valence electrons. The van der Waals surface area contributed by atoms with E-state index in [0.29, 0.717) is 11.7 Å². The van der Waals surface area contributed by atoms with E-state index in [1.807, 2.05) is 13.0 Å². The van der Waals surface area contributed by atoms with Gasteiger partial charge in [-0.25, -0.2) is 0 Å². The van der Waals surface area contributed by atoms with Crippen LogP contribution in [0.1, 0.15) is 29.0 Å². The van der Waals surface area contributed by atoms with Gasteiger partial charge in [-0.15, -0.1) is 10.2 Å². The fourth-order valence-corrected chi connectivity index (χ4v) is 4.01. The predicted molar refractivity (Wildman–Crippen MR) is 92.2 cm³/mol. The van der Waals surface area contributed by atoms with Gasteiger partial charge in [0.05, 0.1) is 5.92 Å². The summed E-state index contributed by atoms with van der Waals surface area (Å²) in [6, 6.07) is 6.22. The lowest BCUT2D eigenvalue weighted by Gasteiger charge is -2.17. The van der Waals surface area contributed by atoms with Gasteiger partial charge in [0.15, 0.2) is 0 Å². The van der Waals surface area contributed by atoms with Gasteiger partial charge in [-0.3, -0.25) is 9.59 Å². The third-order valence-corrected chi connectivity index (χ3v) is 5.40. The van der Waals surface area contributed by atoms with E-state index in [4.69, 9.17) is 0 Å². The van der Waals surface area contributed by atoms with Crippen LogP contribution in [0, 0.1) is 12.8 Å². The van der Waals surface area contributed by atoms with Crippen molar-refractivity contribution in [3.63, 3.8) is 0 Å². The summed E-state index contributed by atoms with van der Waals surface area (Å²) in [7, 11) is 0. The van der Waals surface area contributed by atoms with E-state index in [2.05, 4.69) is 27.6 Å². The van der Waals surface area contributed by atoms with E-state index in [1.54, 1.807) is 4.90 Å². The van der Waals surface area contributed by atoms with Gasteiger partial charge in [0.25, 0.3) is 0 Å². The zero-order valence-corrected chi connectivity index (χ0v) is 14.2. The number of anilines is 2. The average molecular weight is 342 g/mol. The molecule has 6 nitrogen and oxygen atoms in total. The van der Waals surface area contributed by atoms with Crippen LogP contribution >= 0.6 is 11.3 Å². The standard InChI is InChI=1S/C17H18N4O2S/c1-10-19-20-17(24-10)18-16(23)13-8-15(22)21(9-13)14-6-5-11-3-2-4-12(11)7-14/h5-7,13H,2-4,8-9H2,1H3,(H,18,20,23)/t13-/m0/s1. The van der Waals surface area contributed by atoms with E-state index in [1.165, 1.54) is 28.9 Å². The minimum absolute atomic E-state index is 0.00143. The number of hydrogen-bond donors (Lipinski definition) is 1. The van der Waals surface area contributed by atoms with Crippen molar-refractivity contribution in [2.24, 2.45) is 5.92 Å². The van der Waals surface area contributed by atoms with Crippen molar-refractivity contribution in [3.05, 3.63) is 34.3 Å². The van der Waals surface area contributed by atoms with Gasteiger partial charge < -0.3 is 10.2 Å². The van der Waals surface area contributed by atoms with Gasteiger partial charge in [0.2, 0.25) is 16.9 Å². The van der Waals surface area contributed by atoms with E-state index in [9.17, 15) is 9.59 Å². The molecule has 1 saturated heterocycles. The van der Waals surface area contributed by atoms with E-state index in [-0.39, 0.29) is 24.2 Å². The maximum absolute atomic E-state index is 12.4. The molecule has 2 amide bonds. The normalized spacial score (nSPS) is 19.6. The highest BCUT2D eigenvalue weighted by molar-refractivity contribution is 7.15. The number of hydrogen-bond acceptors (Lipinski definition) is 5. The number of fused-ring (bicyclic) bond motifs is 1. The quantitative estimate of drug-likeness (QED) is 0.929. The van der Waals surface area contributed by atoms with Crippen LogP contribution in [-0.4, -0.2) is 28.6 Å². The van der Waals surface area contributed by atoms with Gasteiger partial charge >= 0.3 is 0 Å². The lowest BCUT2D eigenvalue weighted by Crippen LogP contribution is -2.28. The number of aryl methyl sites for hydroxylation is 3. The van der Waals surface area contributed by atoms with Crippen LogP contribution in [0.5, 0.6) is 0 Å². The monoisotopic (exact) mass is 342 g/mol. The fourth-order valence-electron chi connectivity index (χ4n) is 3.41. The van der Waals surface area contributed by atoms with Crippen molar-refractivity contribution in [3.8, 4) is 0 Å². The molecule has 1 aliphatic carbocycles. The molecule has 1 aromatic heterocycles. The van der Waals surface area contributed by atoms with Crippen LogP contribution in [0.15, 0.2) is 18.2 Å². The highest BCUT2D eigenvalue weighted by Crippen LogP contribution is 2.31. The Morgan fingerprint density at radius 3 is 2.92 bits per heavy atom. The molecule has 0 saturated carbocycles. The Hall–Kier alpha value is -2.28. The van der Waals surface area contributed by atoms with E-state index in [0.717, 1.165) is 23.5 Å². The van der Waals surface area contributed by atoms with Gasteiger partial charge in [0.1, 0.15) is 5.01 Å². The maximum Gasteiger partial charge on any atom is 0.231 e. The van der Waals surface area contributed by atoms with Crippen LogP contribution in [0.4, 0.5) is 10.8 Å². The Bertz CT molecular complexity index is 817. The Labute approximate surface area is 143 Å². The molecule has 2 aromatic rings. The molecule has 1 N–H and O–H groups in total. The number of amides is 2. The molecule has 2 aliphatic rings. The number of nitrogens with zero attached hydrogens (tertiary/aromatic N) is 3. The molecule has 1 fully saturated rings. The first kappa shape index (κ1) is 15.3. The Balaban J connectivity index is 1.47. The van der Waals surface area contributed by atoms with Crippen molar-refractivity contribution in [2.75, 3.05) is 16.8 Å². The highest BCUT2D eigenvalue weighted by atomic mass is 32.1. The topological polar surface area (TPSA) is 75.2 Å². The van der Waals surface area contributed by atoms with Crippen molar-refractivity contribution in [1.29, 1.82) is 0 Å². The van der Waals surface area contributed by atoms with Gasteiger partial charge in [-0.05, 0) is 49.4 Å². The summed E-state index contributed by atoms with van der Waals surface area (Å²) in [6.07, 6.45) is 3.61. The molecule has 0 bridgehead atoms. The molecular formula is C17H18N4O2S. The van der Waals surface area contributed by atoms with E-state index >= 15 is 0 Å². The number of benzene rings is 1. The number of carbonyl (C=O) groups is 2. The molecule has 0 spiro atoms. The van der Waals surface area contributed by atoms with Crippen LogP contribution in [0.25, 0.3) is 0 Å². The first-order chi connectivity index (χ1) is 11.6. The maximum atomic E-state index is 12.4. The molecule has 1 aromatic carbocycles. The molecule has 2 heterocycles. The first-order valence-corrected chi connectivity index (χ1v) is 8.95. The van der Waals surface area contributed by atoms with Crippen molar-refractivity contribution < 1.29 is 9.59 Å². The molecule has 1 aliphatic heterocycles. The summed E-state index contributed by atoms with van der Waals surface area (Å²) in [5, 5.41) is 11.8. The van der Waals surface area contributed by atoms with Crippen LogP contribution in [0.3, 0.4) is 0 Å². The second-order valence-electron chi connectivity index (χ2n) is 6.33. The Kier molecular flexibility index (Phi) is 3.80. The van der Waals surface area contributed by atoms with Crippen LogP contribution in [0.2, 0.25) is 0 Å². The lowest BCUT2D eigenvalue weighted by atomic mass is 10.1. The zero-order chi connectivity index (χ0) is 16.7. The summed E-state index contributed by atoms with van der Waals surface area (Å²) < 4.78 is 0. The van der Waals surface area contributed by atoms with Crippen molar-refractivity contribution in [1.82, 2.24) is 10.2 Å². The largest absolute Gasteiger partial charge is 0.312 e. The average Bonchev–Trinajstić information content (AvgIpc) is 3.26. The van der Waals surface area contributed by atoms with Crippen molar-refractivity contribution >= 4 is 34.0 Å². The number of nitrogens with one attached hydrogen (secondary N) is 1. The summed E-state index contributed by atoms with van der Waals surface area (Å²) in [5.41, 5.74) is 3.62. The molecule has 4 rings (SSSR count).